The highest BCUT2D eigenvalue weighted by Crippen LogP contribution is 2.35. The second-order valence-electron chi connectivity index (χ2n) is 7.28. The number of nitrogens with one attached hydrogen (secondary N) is 1. The predicted octanol–water partition coefficient (Wildman–Crippen LogP) is 0.521. The molecule has 1 aromatic carbocycles. The van der Waals surface area contributed by atoms with E-state index >= 15 is 0 Å². The standard InChI is InChI=1S/C20H21N5O5S/c21-16-15(17(28)23-19(30)25(16)11-6-7-11)14(27)10-31-20-22-13-5-2-1-4-12(13)18(29)24(20)8-3-9-26/h1-2,4-5,11,26H,3,6-10,21H2,(H,23,28,30). The molecule has 0 saturated heterocycles. The summed E-state index contributed by atoms with van der Waals surface area (Å²) in [6.07, 6.45) is 1.87. The smallest absolute Gasteiger partial charge is 0.330 e. The number of benzene rings is 1. The van der Waals surface area contributed by atoms with Crippen molar-refractivity contribution in [3.05, 3.63) is 61.0 Å². The first-order valence-electron chi connectivity index (χ1n) is 9.83. The molecule has 2 heterocycles. The van der Waals surface area contributed by atoms with Crippen molar-refractivity contribution in [1.29, 1.82) is 0 Å². The molecule has 1 aliphatic carbocycles. The molecule has 10 nitrogen and oxygen atoms in total. The molecule has 1 fully saturated rings. The molecule has 4 N–H and O–H groups in total. The fourth-order valence-electron chi connectivity index (χ4n) is 3.42. The number of hydrogen-bond donors (Lipinski definition) is 3. The zero-order valence-electron chi connectivity index (χ0n) is 16.5. The van der Waals surface area contributed by atoms with Gasteiger partial charge in [0.1, 0.15) is 11.4 Å². The number of aromatic nitrogens is 4. The largest absolute Gasteiger partial charge is 0.396 e. The first-order valence-corrected chi connectivity index (χ1v) is 10.8. The van der Waals surface area contributed by atoms with Gasteiger partial charge in [-0.15, -0.1) is 0 Å². The van der Waals surface area contributed by atoms with Gasteiger partial charge in [0.2, 0.25) is 0 Å². The maximum absolute atomic E-state index is 12.9. The van der Waals surface area contributed by atoms with E-state index in [1.165, 1.54) is 9.13 Å². The van der Waals surface area contributed by atoms with Gasteiger partial charge in [0, 0.05) is 19.2 Å². The molecule has 1 saturated carbocycles. The second-order valence-corrected chi connectivity index (χ2v) is 8.22. The van der Waals surface area contributed by atoms with Crippen LogP contribution in [0.4, 0.5) is 5.82 Å². The Kier molecular flexibility index (Phi) is 5.79. The normalized spacial score (nSPS) is 13.6. The van der Waals surface area contributed by atoms with Gasteiger partial charge < -0.3 is 10.8 Å². The number of nitrogens with zero attached hydrogens (tertiary/aromatic N) is 3. The number of ketones is 1. The third kappa shape index (κ3) is 4.06. The van der Waals surface area contributed by atoms with Crippen molar-refractivity contribution in [1.82, 2.24) is 19.1 Å². The van der Waals surface area contributed by atoms with E-state index in [2.05, 4.69) is 9.97 Å². The molecule has 0 bridgehead atoms. The monoisotopic (exact) mass is 443 g/mol. The molecule has 31 heavy (non-hydrogen) atoms. The summed E-state index contributed by atoms with van der Waals surface area (Å²) < 4.78 is 2.67. The first kappa shape index (κ1) is 21.1. The average Bonchev–Trinajstić information content (AvgIpc) is 3.56. The fourth-order valence-corrected chi connectivity index (χ4v) is 4.31. The Hall–Kier alpha value is -3.18. The lowest BCUT2D eigenvalue weighted by Crippen LogP contribution is -2.36. The number of carbonyl (C=O) groups excluding carboxylic acids is 1. The van der Waals surface area contributed by atoms with Crippen LogP contribution in [-0.2, 0) is 6.54 Å². The molecule has 0 atom stereocenters. The fraction of sp³-hybridized carbons (Fsp3) is 0.350. The van der Waals surface area contributed by atoms with Crippen LogP contribution in [0.5, 0.6) is 0 Å². The van der Waals surface area contributed by atoms with Crippen LogP contribution in [0.25, 0.3) is 10.9 Å². The van der Waals surface area contributed by atoms with Gasteiger partial charge in [-0.25, -0.2) is 9.78 Å². The van der Waals surface area contributed by atoms with Crippen LogP contribution in [0.1, 0.15) is 35.7 Å². The molecule has 0 aliphatic heterocycles. The summed E-state index contributed by atoms with van der Waals surface area (Å²) in [5.74, 6) is -0.889. The number of fused-ring (bicyclic) bond motifs is 1. The number of aliphatic hydroxyl groups excluding tert-OH is 1. The summed E-state index contributed by atoms with van der Waals surface area (Å²) in [5.41, 5.74) is 4.52. The molecule has 0 unspecified atom stereocenters. The molecular weight excluding hydrogens is 422 g/mol. The zero-order valence-corrected chi connectivity index (χ0v) is 17.4. The third-order valence-corrected chi connectivity index (χ3v) is 6.05. The lowest BCUT2D eigenvalue weighted by atomic mass is 10.2. The lowest BCUT2D eigenvalue weighted by molar-refractivity contribution is 0.102. The van der Waals surface area contributed by atoms with Crippen molar-refractivity contribution in [2.24, 2.45) is 0 Å². The van der Waals surface area contributed by atoms with Crippen molar-refractivity contribution in [2.75, 3.05) is 18.1 Å². The van der Waals surface area contributed by atoms with Gasteiger partial charge in [-0.2, -0.15) is 0 Å². The third-order valence-electron chi connectivity index (χ3n) is 5.07. The van der Waals surface area contributed by atoms with Crippen LogP contribution in [0.2, 0.25) is 0 Å². The maximum atomic E-state index is 12.9. The molecule has 2 aromatic heterocycles. The number of carbonyl (C=O) groups is 1. The van der Waals surface area contributed by atoms with Gasteiger partial charge in [0.05, 0.1) is 16.7 Å². The second kappa shape index (κ2) is 8.52. The highest BCUT2D eigenvalue weighted by Gasteiger charge is 2.30. The summed E-state index contributed by atoms with van der Waals surface area (Å²) >= 11 is 1.01. The molecule has 0 amide bonds. The van der Waals surface area contributed by atoms with Crippen LogP contribution >= 0.6 is 11.8 Å². The van der Waals surface area contributed by atoms with E-state index in [1.54, 1.807) is 24.3 Å². The quantitative estimate of drug-likeness (QED) is 0.259. The van der Waals surface area contributed by atoms with Crippen molar-refractivity contribution < 1.29 is 9.90 Å². The van der Waals surface area contributed by atoms with Gasteiger partial charge in [0.25, 0.3) is 11.1 Å². The Morgan fingerprint density at radius 2 is 2.00 bits per heavy atom. The Balaban J connectivity index is 1.67. The highest BCUT2D eigenvalue weighted by molar-refractivity contribution is 7.99. The molecule has 162 valence electrons. The molecule has 1 aliphatic rings. The molecule has 0 spiro atoms. The van der Waals surface area contributed by atoms with Gasteiger partial charge in [0.15, 0.2) is 10.9 Å². The van der Waals surface area contributed by atoms with E-state index < -0.39 is 17.0 Å². The van der Waals surface area contributed by atoms with E-state index in [9.17, 15) is 24.3 Å². The summed E-state index contributed by atoms with van der Waals surface area (Å²) in [7, 11) is 0. The van der Waals surface area contributed by atoms with Crippen LogP contribution in [-0.4, -0.2) is 42.4 Å². The molecule has 11 heteroatoms. The number of hydrogen-bond acceptors (Lipinski definition) is 8. The maximum Gasteiger partial charge on any atom is 0.330 e. The minimum absolute atomic E-state index is 0.100. The number of H-pyrrole nitrogens is 1. The number of rotatable bonds is 8. The molecule has 3 aromatic rings. The Morgan fingerprint density at radius 3 is 2.71 bits per heavy atom. The molecular formula is C20H21N5O5S. The number of para-hydroxylation sites is 1. The molecule has 4 rings (SSSR count). The van der Waals surface area contributed by atoms with Gasteiger partial charge in [-0.3, -0.25) is 28.5 Å². The Morgan fingerprint density at radius 1 is 1.26 bits per heavy atom. The van der Waals surface area contributed by atoms with Crippen molar-refractivity contribution in [2.45, 2.75) is 37.0 Å². The number of anilines is 1. The topological polar surface area (TPSA) is 153 Å². The van der Waals surface area contributed by atoms with Crippen LogP contribution in [0.15, 0.2) is 43.8 Å². The number of aliphatic hydroxyl groups is 1. The van der Waals surface area contributed by atoms with Crippen molar-refractivity contribution >= 4 is 34.3 Å². The number of Topliss-reactive ketones (excluding diaryl/α,β-unsaturated/α-hetero) is 1. The number of thioether (sulfide) groups is 1. The minimum Gasteiger partial charge on any atom is -0.396 e. The average molecular weight is 443 g/mol. The minimum atomic E-state index is -0.825. The van der Waals surface area contributed by atoms with E-state index in [4.69, 9.17) is 5.73 Å². The predicted molar refractivity (Wildman–Crippen MR) is 117 cm³/mol. The summed E-state index contributed by atoms with van der Waals surface area (Å²) in [5, 5.41) is 9.91. The zero-order chi connectivity index (χ0) is 22.1. The Labute approximate surface area is 179 Å². The first-order chi connectivity index (χ1) is 14.9. The van der Waals surface area contributed by atoms with Crippen LogP contribution < -0.4 is 22.5 Å². The van der Waals surface area contributed by atoms with E-state index in [0.29, 0.717) is 22.5 Å². The molecule has 0 radical (unpaired) electrons. The van der Waals surface area contributed by atoms with Crippen LogP contribution in [0, 0.1) is 0 Å². The summed E-state index contributed by atoms with van der Waals surface area (Å²) in [4.78, 5) is 56.7. The lowest BCUT2D eigenvalue weighted by Gasteiger charge is -2.13. The number of nitrogen functional groups attached to an aromatic ring is 1. The van der Waals surface area contributed by atoms with Crippen molar-refractivity contribution in [3.63, 3.8) is 0 Å². The SMILES string of the molecule is Nc1c(C(=O)CSc2nc3ccccc3c(=O)n2CCCO)c(=O)[nH]c(=O)n1C1CC1. The van der Waals surface area contributed by atoms with E-state index in [1.807, 2.05) is 0 Å². The van der Waals surface area contributed by atoms with Crippen molar-refractivity contribution in [3.8, 4) is 0 Å². The van der Waals surface area contributed by atoms with Gasteiger partial charge >= 0.3 is 5.69 Å². The highest BCUT2D eigenvalue weighted by atomic mass is 32.2. The number of aromatic amines is 1. The van der Waals surface area contributed by atoms with Crippen LogP contribution in [0.3, 0.4) is 0 Å². The van der Waals surface area contributed by atoms with E-state index in [-0.39, 0.29) is 41.9 Å². The summed E-state index contributed by atoms with van der Waals surface area (Å²) in [6, 6.07) is 6.76. The van der Waals surface area contributed by atoms with E-state index in [0.717, 1.165) is 24.6 Å². The summed E-state index contributed by atoms with van der Waals surface area (Å²) in [6.45, 7) is 0.135. The number of nitrogens with two attached hydrogens (primary N) is 1. The van der Waals surface area contributed by atoms with Gasteiger partial charge in [-0.05, 0) is 31.4 Å². The van der Waals surface area contributed by atoms with Gasteiger partial charge in [-0.1, -0.05) is 23.9 Å². The Bertz CT molecular complexity index is 1340.